The molecule has 43 heavy (non-hydrogen) atoms. The third kappa shape index (κ3) is 5.33. The van der Waals surface area contributed by atoms with Crippen molar-refractivity contribution in [2.24, 2.45) is 21.6 Å². The molecule has 3 aliphatic rings. The molecule has 3 aromatic rings. The molecule has 12 heteroatoms. The van der Waals surface area contributed by atoms with Gasteiger partial charge in [-0.1, -0.05) is 26.0 Å². The number of ether oxygens (including phenoxy) is 1. The number of nitrogens with two attached hydrogens (primary N) is 1. The topological polar surface area (TPSA) is 113 Å². The molecule has 2 amide bonds. The van der Waals surface area contributed by atoms with Crippen LogP contribution in [0.5, 0.6) is 5.75 Å². The largest absolute Gasteiger partial charge is 0.491 e. The van der Waals surface area contributed by atoms with E-state index in [1.54, 1.807) is 10.9 Å². The van der Waals surface area contributed by atoms with Gasteiger partial charge >= 0.3 is 6.03 Å². The van der Waals surface area contributed by atoms with Gasteiger partial charge in [-0.2, -0.15) is 5.10 Å². The highest BCUT2D eigenvalue weighted by molar-refractivity contribution is 6.41. The molecule has 0 fully saturated rings. The number of rotatable bonds is 6. The molecule has 1 aromatic heterocycles. The fraction of sp³-hybridized carbons (Fsp3) is 0.355. The number of amides is 2. The Morgan fingerprint density at radius 3 is 2.79 bits per heavy atom. The summed E-state index contributed by atoms with van der Waals surface area (Å²) in [6.45, 7) is 10.3. The van der Waals surface area contributed by atoms with Gasteiger partial charge in [-0.3, -0.25) is 4.99 Å². The van der Waals surface area contributed by atoms with E-state index < -0.39 is 17.7 Å². The number of nitrogens with zero attached hydrogens (tertiary/aromatic N) is 6. The minimum atomic E-state index is -0.989. The SMILES string of the molecule is Cc1cccc(OCC(C)C)c1-n1nc2c(c1-c1cc(F)c(NC(N)=O)cc1F)CN(C1=NC=CN3CC(C)N=C13)CC2. The van der Waals surface area contributed by atoms with E-state index in [0.29, 0.717) is 43.2 Å². The molecule has 6 rings (SSSR count). The molecule has 10 nitrogen and oxygen atoms in total. The van der Waals surface area contributed by atoms with Crippen LogP contribution >= 0.6 is 0 Å². The highest BCUT2D eigenvalue weighted by atomic mass is 19.1. The normalized spacial score (nSPS) is 17.5. The number of benzene rings is 2. The van der Waals surface area contributed by atoms with Crippen molar-refractivity contribution in [3.63, 3.8) is 0 Å². The van der Waals surface area contributed by atoms with Crippen LogP contribution in [0.25, 0.3) is 16.9 Å². The highest BCUT2D eigenvalue weighted by Gasteiger charge is 2.35. The maximum Gasteiger partial charge on any atom is 0.316 e. The van der Waals surface area contributed by atoms with Crippen molar-refractivity contribution in [2.45, 2.75) is 46.7 Å². The lowest BCUT2D eigenvalue weighted by molar-refractivity contribution is 0.259. The van der Waals surface area contributed by atoms with Crippen molar-refractivity contribution < 1.29 is 18.3 Å². The number of nitrogens with one attached hydrogen (secondary N) is 1. The number of para-hydroxylation sites is 1. The number of hydrogen-bond donors (Lipinski definition) is 2. The van der Waals surface area contributed by atoms with Gasteiger partial charge in [-0.15, -0.1) is 0 Å². The van der Waals surface area contributed by atoms with Gasteiger partial charge in [0.2, 0.25) is 0 Å². The number of carbonyl (C=O) groups excluding carboxylic acids is 1. The zero-order chi connectivity index (χ0) is 30.4. The van der Waals surface area contributed by atoms with Crippen LogP contribution in [0, 0.1) is 24.5 Å². The number of aliphatic imine (C=N–C) groups is 2. The van der Waals surface area contributed by atoms with E-state index in [2.05, 4.69) is 40.9 Å². The lowest BCUT2D eigenvalue weighted by Gasteiger charge is -2.32. The number of hydrogen-bond acceptors (Lipinski definition) is 7. The second-order valence-electron chi connectivity index (χ2n) is 11.5. The third-order valence-electron chi connectivity index (χ3n) is 7.61. The summed E-state index contributed by atoms with van der Waals surface area (Å²) >= 11 is 0. The summed E-state index contributed by atoms with van der Waals surface area (Å²) in [5.41, 5.74) is 8.26. The summed E-state index contributed by atoms with van der Waals surface area (Å²) in [4.78, 5) is 25.1. The highest BCUT2D eigenvalue weighted by Crippen LogP contribution is 2.39. The van der Waals surface area contributed by atoms with Crippen molar-refractivity contribution in [2.75, 3.05) is 25.0 Å². The summed E-state index contributed by atoms with van der Waals surface area (Å²) in [7, 11) is 0. The van der Waals surface area contributed by atoms with Crippen molar-refractivity contribution in [1.29, 1.82) is 0 Å². The van der Waals surface area contributed by atoms with E-state index in [9.17, 15) is 4.79 Å². The molecule has 4 heterocycles. The van der Waals surface area contributed by atoms with Gasteiger partial charge in [0.05, 0.1) is 29.7 Å². The summed E-state index contributed by atoms with van der Waals surface area (Å²) < 4.78 is 39.1. The zero-order valence-corrected chi connectivity index (χ0v) is 24.6. The van der Waals surface area contributed by atoms with Crippen LogP contribution in [0.2, 0.25) is 0 Å². The average Bonchev–Trinajstić information content (AvgIpc) is 3.52. The maximum atomic E-state index is 15.9. The predicted molar refractivity (Wildman–Crippen MR) is 161 cm³/mol. The number of amidine groups is 2. The number of aromatic nitrogens is 2. The minimum absolute atomic E-state index is 0.000109. The Labute approximate surface area is 248 Å². The lowest BCUT2D eigenvalue weighted by Crippen LogP contribution is -2.45. The van der Waals surface area contributed by atoms with Crippen LogP contribution < -0.4 is 15.8 Å². The van der Waals surface area contributed by atoms with Crippen LogP contribution in [0.4, 0.5) is 19.3 Å². The first kappa shape index (κ1) is 28.4. The Balaban J connectivity index is 1.52. The van der Waals surface area contributed by atoms with Crippen LogP contribution in [0.1, 0.15) is 37.6 Å². The molecular formula is C31H34F2N8O2. The fourth-order valence-electron chi connectivity index (χ4n) is 5.70. The van der Waals surface area contributed by atoms with Crippen molar-refractivity contribution in [3.8, 4) is 22.7 Å². The van der Waals surface area contributed by atoms with Gasteiger partial charge in [0.15, 0.2) is 11.7 Å². The number of urea groups is 1. The Kier molecular flexibility index (Phi) is 7.37. The van der Waals surface area contributed by atoms with Gasteiger partial charge < -0.3 is 25.6 Å². The molecular weight excluding hydrogens is 554 g/mol. The summed E-state index contributed by atoms with van der Waals surface area (Å²) in [6.07, 6.45) is 4.24. The molecule has 1 unspecified atom stereocenters. The monoisotopic (exact) mass is 588 g/mol. The van der Waals surface area contributed by atoms with Gasteiger partial charge in [-0.05, 0) is 37.5 Å². The second kappa shape index (κ2) is 11.2. The number of anilines is 1. The standard InChI is InChI=1S/C31H34F2N8O2/c1-17(2)16-43-26-7-5-6-18(3)27(26)41-28(20-12-23(33)25(13-22(20)32)37-31(34)42)21-15-39(10-8-24(21)38-41)29-30-36-19(4)14-40(30)11-9-35-29/h5-7,9,11-13,17,19H,8,10,14-16H2,1-4H3,(H3,34,37,42). The third-order valence-corrected chi connectivity index (χ3v) is 7.61. The van der Waals surface area contributed by atoms with Crippen molar-refractivity contribution >= 4 is 23.4 Å². The number of carbonyl (C=O) groups is 1. The number of fused-ring (bicyclic) bond motifs is 2. The van der Waals surface area contributed by atoms with Crippen LogP contribution in [-0.4, -0.2) is 63.0 Å². The van der Waals surface area contributed by atoms with Crippen LogP contribution in [0.15, 0.2) is 52.7 Å². The van der Waals surface area contributed by atoms with E-state index in [-0.39, 0.29) is 23.2 Å². The number of primary amides is 1. The first-order valence-electron chi connectivity index (χ1n) is 14.3. The van der Waals surface area contributed by atoms with E-state index in [1.165, 1.54) is 0 Å². The first-order chi connectivity index (χ1) is 20.6. The molecule has 0 saturated carbocycles. The van der Waals surface area contributed by atoms with Crippen LogP contribution in [0.3, 0.4) is 0 Å². The van der Waals surface area contributed by atoms with Crippen LogP contribution in [-0.2, 0) is 13.0 Å². The Hall–Kier alpha value is -4.74. The van der Waals surface area contributed by atoms with E-state index in [4.69, 9.17) is 20.6 Å². The van der Waals surface area contributed by atoms with E-state index >= 15 is 8.78 Å². The minimum Gasteiger partial charge on any atom is -0.491 e. The quantitative estimate of drug-likeness (QED) is 0.421. The molecule has 3 aliphatic heterocycles. The number of halogens is 2. The summed E-state index contributed by atoms with van der Waals surface area (Å²) in [6, 6.07) is 6.85. The lowest BCUT2D eigenvalue weighted by atomic mass is 9.99. The Bertz CT molecular complexity index is 1690. The van der Waals surface area contributed by atoms with Gasteiger partial charge in [0, 0.05) is 55.6 Å². The fourth-order valence-corrected chi connectivity index (χ4v) is 5.70. The van der Waals surface area contributed by atoms with E-state index in [0.717, 1.165) is 47.2 Å². The summed E-state index contributed by atoms with van der Waals surface area (Å²) in [5, 5.41) is 7.13. The first-order valence-corrected chi connectivity index (χ1v) is 14.3. The maximum absolute atomic E-state index is 15.9. The molecule has 0 radical (unpaired) electrons. The molecule has 2 aromatic carbocycles. The molecule has 224 valence electrons. The smallest absolute Gasteiger partial charge is 0.316 e. The predicted octanol–water partition coefficient (Wildman–Crippen LogP) is 5.00. The van der Waals surface area contributed by atoms with Gasteiger partial charge in [0.25, 0.3) is 0 Å². The van der Waals surface area contributed by atoms with Crippen molar-refractivity contribution in [3.05, 3.63) is 71.2 Å². The molecule has 1 atom stereocenters. The average molecular weight is 589 g/mol. The molecule has 0 bridgehead atoms. The zero-order valence-electron chi connectivity index (χ0n) is 24.6. The number of aryl methyl sites for hydroxylation is 1. The molecule has 0 aliphatic carbocycles. The Morgan fingerprint density at radius 1 is 1.21 bits per heavy atom. The molecule has 0 spiro atoms. The van der Waals surface area contributed by atoms with Gasteiger partial charge in [0.1, 0.15) is 23.1 Å². The van der Waals surface area contributed by atoms with Crippen molar-refractivity contribution in [1.82, 2.24) is 19.6 Å². The Morgan fingerprint density at radius 2 is 2.02 bits per heavy atom. The van der Waals surface area contributed by atoms with E-state index in [1.807, 2.05) is 31.3 Å². The van der Waals surface area contributed by atoms with Gasteiger partial charge in [-0.25, -0.2) is 23.2 Å². The second-order valence-corrected chi connectivity index (χ2v) is 11.5. The molecule has 0 saturated heterocycles. The summed E-state index contributed by atoms with van der Waals surface area (Å²) in [5.74, 6) is 0.844. The molecule has 3 N–H and O–H groups in total.